The fourth-order valence-corrected chi connectivity index (χ4v) is 1.62. The van der Waals surface area contributed by atoms with Crippen LogP contribution >= 0.6 is 0 Å². The molecule has 0 N–H and O–H groups in total. The molecular weight excluding hydrogens is 110 g/mol. The summed E-state index contributed by atoms with van der Waals surface area (Å²) in [5, 5.41) is 0. The van der Waals surface area contributed by atoms with Gasteiger partial charge in [0, 0.05) is 12.6 Å². The van der Waals surface area contributed by atoms with Gasteiger partial charge in [0.05, 0.1) is 0 Å². The average Bonchev–Trinajstić information content (AvgIpc) is 2.13. The highest BCUT2D eigenvalue weighted by Crippen LogP contribution is 2.22. The summed E-state index contributed by atoms with van der Waals surface area (Å²) in [5.74, 6) is 0.977. The minimum absolute atomic E-state index is 0.829. The number of hydrogen-bond acceptors (Lipinski definition) is 1. The average molecular weight is 127 g/mol. The maximum absolute atomic E-state index is 2.45. The molecule has 0 radical (unpaired) electrons. The second-order valence-electron chi connectivity index (χ2n) is 3.30. The lowest BCUT2D eigenvalue weighted by Gasteiger charge is -2.12. The molecule has 1 aliphatic heterocycles. The first kappa shape index (κ1) is 7.07. The first-order chi connectivity index (χ1) is 4.24. The van der Waals surface area contributed by atoms with Crippen LogP contribution < -0.4 is 0 Å². The highest BCUT2D eigenvalue weighted by Gasteiger charge is 2.23. The molecule has 1 unspecified atom stereocenters. The largest absolute Gasteiger partial charge is 0.303 e. The third kappa shape index (κ3) is 1.45. The summed E-state index contributed by atoms with van der Waals surface area (Å²) in [6, 6.07) is 0.829. The van der Waals surface area contributed by atoms with Gasteiger partial charge in [0.15, 0.2) is 0 Å². The molecule has 54 valence electrons. The van der Waals surface area contributed by atoms with Gasteiger partial charge >= 0.3 is 0 Å². The van der Waals surface area contributed by atoms with E-state index in [1.165, 1.54) is 19.4 Å². The third-order valence-electron chi connectivity index (χ3n) is 2.55. The van der Waals surface area contributed by atoms with E-state index in [0.717, 1.165) is 12.0 Å². The van der Waals surface area contributed by atoms with Crippen LogP contribution in [-0.2, 0) is 0 Å². The van der Waals surface area contributed by atoms with Crippen molar-refractivity contribution >= 4 is 0 Å². The Kier molecular flexibility index (Phi) is 2.12. The molecule has 9 heavy (non-hydrogen) atoms. The second kappa shape index (κ2) is 2.70. The summed E-state index contributed by atoms with van der Waals surface area (Å²) in [4.78, 5) is 2.45. The molecule has 0 aromatic rings. The zero-order valence-corrected chi connectivity index (χ0v) is 6.72. The van der Waals surface area contributed by atoms with Gasteiger partial charge in [-0.25, -0.2) is 0 Å². The fraction of sp³-hybridized carbons (Fsp3) is 1.00. The predicted molar refractivity (Wildman–Crippen MR) is 40.5 cm³/mol. The van der Waals surface area contributed by atoms with Crippen molar-refractivity contribution in [3.63, 3.8) is 0 Å². The van der Waals surface area contributed by atoms with Crippen molar-refractivity contribution in [3.05, 3.63) is 0 Å². The molecule has 1 fully saturated rings. The van der Waals surface area contributed by atoms with Crippen LogP contribution in [0, 0.1) is 5.92 Å². The molecule has 2 atom stereocenters. The molecule has 0 spiro atoms. The number of likely N-dealkylation sites (tertiary alicyclic amines) is 1. The Labute approximate surface area is 58.0 Å². The zero-order valence-electron chi connectivity index (χ0n) is 6.72. The minimum atomic E-state index is 0.829. The predicted octanol–water partition coefficient (Wildman–Crippen LogP) is 1.74. The van der Waals surface area contributed by atoms with Gasteiger partial charge in [0.2, 0.25) is 0 Å². The van der Waals surface area contributed by atoms with E-state index in [1.807, 2.05) is 0 Å². The summed E-state index contributed by atoms with van der Waals surface area (Å²) < 4.78 is 0. The lowest BCUT2D eigenvalue weighted by molar-refractivity contribution is 0.325. The molecule has 0 aromatic heterocycles. The topological polar surface area (TPSA) is 3.24 Å². The van der Waals surface area contributed by atoms with Gasteiger partial charge < -0.3 is 4.90 Å². The summed E-state index contributed by atoms with van der Waals surface area (Å²) >= 11 is 0. The molecule has 0 amide bonds. The van der Waals surface area contributed by atoms with Crippen molar-refractivity contribution in [2.75, 3.05) is 13.6 Å². The monoisotopic (exact) mass is 127 g/mol. The molecule has 0 bridgehead atoms. The van der Waals surface area contributed by atoms with Crippen molar-refractivity contribution in [3.8, 4) is 0 Å². The van der Waals surface area contributed by atoms with E-state index in [2.05, 4.69) is 25.8 Å². The van der Waals surface area contributed by atoms with Gasteiger partial charge in [-0.1, -0.05) is 13.3 Å². The van der Waals surface area contributed by atoms with Crippen LogP contribution in [0.25, 0.3) is 0 Å². The number of rotatable bonds is 1. The van der Waals surface area contributed by atoms with E-state index in [1.54, 1.807) is 0 Å². The van der Waals surface area contributed by atoms with Gasteiger partial charge in [-0.2, -0.15) is 0 Å². The van der Waals surface area contributed by atoms with Gasteiger partial charge in [0.1, 0.15) is 0 Å². The Morgan fingerprint density at radius 2 is 2.22 bits per heavy atom. The Bertz CT molecular complexity index is 80.6. The molecule has 1 aliphatic rings. The Morgan fingerprint density at radius 3 is 2.44 bits per heavy atom. The summed E-state index contributed by atoms with van der Waals surface area (Å²) in [6.45, 7) is 5.92. The Morgan fingerprint density at radius 1 is 1.56 bits per heavy atom. The van der Waals surface area contributed by atoms with Crippen molar-refractivity contribution < 1.29 is 0 Å². The summed E-state index contributed by atoms with van der Waals surface area (Å²) in [7, 11) is 2.22. The first-order valence-electron chi connectivity index (χ1n) is 3.94. The summed E-state index contributed by atoms with van der Waals surface area (Å²) in [5.41, 5.74) is 0. The fourth-order valence-electron chi connectivity index (χ4n) is 1.62. The molecule has 1 saturated heterocycles. The minimum Gasteiger partial charge on any atom is -0.303 e. The van der Waals surface area contributed by atoms with Crippen LogP contribution in [0.4, 0.5) is 0 Å². The van der Waals surface area contributed by atoms with Crippen LogP contribution in [0.15, 0.2) is 0 Å². The van der Waals surface area contributed by atoms with Crippen LogP contribution in [-0.4, -0.2) is 24.5 Å². The maximum Gasteiger partial charge on any atom is 0.00671 e. The highest BCUT2D eigenvalue weighted by atomic mass is 15.1. The molecule has 1 rings (SSSR count). The first-order valence-corrected chi connectivity index (χ1v) is 3.94. The summed E-state index contributed by atoms with van der Waals surface area (Å²) in [6.07, 6.45) is 2.77. The van der Waals surface area contributed by atoms with Gasteiger partial charge in [0.25, 0.3) is 0 Å². The lowest BCUT2D eigenvalue weighted by atomic mass is 10.0. The van der Waals surface area contributed by atoms with Gasteiger partial charge in [-0.05, 0) is 26.3 Å². The molecule has 1 heterocycles. The standard InChI is InChI=1S/C8H17N/c1-4-8-5-7(2)9(3)6-8/h7-8H,4-6H2,1-3H3/t7-,8?/m1/s1. The number of hydrogen-bond donors (Lipinski definition) is 0. The molecule has 1 heteroatoms. The number of nitrogens with zero attached hydrogens (tertiary/aromatic N) is 1. The van der Waals surface area contributed by atoms with E-state index in [9.17, 15) is 0 Å². The molecular formula is C8H17N. The van der Waals surface area contributed by atoms with Crippen molar-refractivity contribution in [2.45, 2.75) is 32.7 Å². The molecule has 1 nitrogen and oxygen atoms in total. The quantitative estimate of drug-likeness (QED) is 0.518. The third-order valence-corrected chi connectivity index (χ3v) is 2.55. The zero-order chi connectivity index (χ0) is 6.85. The van der Waals surface area contributed by atoms with Crippen molar-refractivity contribution in [1.29, 1.82) is 0 Å². The van der Waals surface area contributed by atoms with E-state index in [0.29, 0.717) is 0 Å². The molecule has 0 saturated carbocycles. The second-order valence-corrected chi connectivity index (χ2v) is 3.30. The lowest BCUT2D eigenvalue weighted by Crippen LogP contribution is -2.21. The Balaban J connectivity index is 2.35. The molecule has 0 aromatic carbocycles. The Hall–Kier alpha value is -0.0400. The van der Waals surface area contributed by atoms with Crippen molar-refractivity contribution in [2.24, 2.45) is 5.92 Å². The van der Waals surface area contributed by atoms with Crippen molar-refractivity contribution in [1.82, 2.24) is 4.90 Å². The van der Waals surface area contributed by atoms with Gasteiger partial charge in [-0.3, -0.25) is 0 Å². The van der Waals surface area contributed by atoms with E-state index < -0.39 is 0 Å². The molecule has 0 aliphatic carbocycles. The van der Waals surface area contributed by atoms with Crippen LogP contribution in [0.5, 0.6) is 0 Å². The van der Waals surface area contributed by atoms with E-state index in [-0.39, 0.29) is 0 Å². The van der Waals surface area contributed by atoms with Crippen LogP contribution in [0.2, 0.25) is 0 Å². The highest BCUT2D eigenvalue weighted by molar-refractivity contribution is 4.78. The van der Waals surface area contributed by atoms with Gasteiger partial charge in [-0.15, -0.1) is 0 Å². The van der Waals surface area contributed by atoms with Crippen LogP contribution in [0.1, 0.15) is 26.7 Å². The van der Waals surface area contributed by atoms with Crippen LogP contribution in [0.3, 0.4) is 0 Å². The smallest absolute Gasteiger partial charge is 0.00671 e. The maximum atomic E-state index is 2.45. The SMILES string of the molecule is CCC1C[C@@H](C)N(C)C1. The van der Waals surface area contributed by atoms with E-state index in [4.69, 9.17) is 0 Å². The normalized spacial score (nSPS) is 37.7. The van der Waals surface area contributed by atoms with E-state index >= 15 is 0 Å².